The summed E-state index contributed by atoms with van der Waals surface area (Å²) in [6, 6.07) is 13.2. The Balaban J connectivity index is 1.66. The molecule has 1 heterocycles. The minimum Gasteiger partial charge on any atom is -0.497 e. The van der Waals surface area contributed by atoms with Crippen molar-refractivity contribution in [2.75, 3.05) is 13.7 Å². The summed E-state index contributed by atoms with van der Waals surface area (Å²) in [6.07, 6.45) is 9.55. The van der Waals surface area contributed by atoms with Crippen LogP contribution in [0.4, 0.5) is 0 Å². The predicted molar refractivity (Wildman–Crippen MR) is 128 cm³/mol. The molecule has 0 fully saturated rings. The van der Waals surface area contributed by atoms with Gasteiger partial charge in [0.25, 0.3) is 5.91 Å². The fourth-order valence-electron chi connectivity index (χ4n) is 3.91. The Kier molecular flexibility index (Phi) is 9.51. The highest BCUT2D eigenvalue weighted by Crippen LogP contribution is 2.25. The Morgan fingerprint density at radius 3 is 2.67 bits per heavy atom. The highest BCUT2D eigenvalue weighted by Gasteiger charge is 2.21. The molecule has 0 saturated heterocycles. The third kappa shape index (κ3) is 7.75. The number of methoxy groups -OCH3 is 1. The van der Waals surface area contributed by atoms with Gasteiger partial charge in [-0.2, -0.15) is 0 Å². The van der Waals surface area contributed by atoms with E-state index >= 15 is 0 Å². The van der Waals surface area contributed by atoms with Gasteiger partial charge >= 0.3 is 5.97 Å². The maximum atomic E-state index is 13.3. The zero-order valence-corrected chi connectivity index (χ0v) is 19.5. The van der Waals surface area contributed by atoms with Crippen LogP contribution in [0.25, 0.3) is 0 Å². The summed E-state index contributed by atoms with van der Waals surface area (Å²) in [5.74, 6) is 0.465. The smallest absolute Gasteiger partial charge is 0.308 e. The number of carbonyl (C=O) groups is 2. The van der Waals surface area contributed by atoms with Crippen molar-refractivity contribution in [3.8, 4) is 11.5 Å². The van der Waals surface area contributed by atoms with E-state index in [1.165, 1.54) is 6.92 Å². The van der Waals surface area contributed by atoms with Crippen molar-refractivity contribution < 1.29 is 23.8 Å². The second-order valence-corrected chi connectivity index (χ2v) is 8.20. The summed E-state index contributed by atoms with van der Waals surface area (Å²) in [7, 11) is 1.65. The quantitative estimate of drug-likeness (QED) is 0.278. The molecule has 33 heavy (non-hydrogen) atoms. The van der Waals surface area contributed by atoms with Crippen LogP contribution in [-0.4, -0.2) is 31.6 Å². The molecule has 1 aliphatic rings. The predicted octanol–water partition coefficient (Wildman–Crippen LogP) is 5.00. The van der Waals surface area contributed by atoms with E-state index in [1.54, 1.807) is 13.2 Å². The van der Waals surface area contributed by atoms with Gasteiger partial charge in [0.2, 0.25) is 0 Å². The molecule has 1 atom stereocenters. The Morgan fingerprint density at radius 1 is 1.09 bits per heavy atom. The number of allylic oxidation sites excluding steroid dienone is 2. The van der Waals surface area contributed by atoms with Gasteiger partial charge in [-0.15, -0.1) is 0 Å². The second kappa shape index (κ2) is 12.8. The Labute approximate surface area is 195 Å². The fraction of sp³-hybridized carbons (Fsp3) is 0.407. The maximum absolute atomic E-state index is 13.3. The average Bonchev–Trinajstić information content (AvgIpc) is 2.80. The highest BCUT2D eigenvalue weighted by molar-refractivity contribution is 5.99. The molecule has 0 radical (unpaired) electrons. The van der Waals surface area contributed by atoms with Crippen molar-refractivity contribution in [3.63, 3.8) is 0 Å². The third-order valence-corrected chi connectivity index (χ3v) is 5.64. The topological polar surface area (TPSA) is 73.9 Å². The van der Waals surface area contributed by atoms with Crippen LogP contribution in [0, 0.1) is 0 Å². The van der Waals surface area contributed by atoms with Gasteiger partial charge in [0.15, 0.2) is 0 Å². The van der Waals surface area contributed by atoms with Gasteiger partial charge in [-0.25, -0.2) is 0 Å². The number of hydrogen-bond acceptors (Lipinski definition) is 5. The molecule has 0 spiro atoms. The molecule has 0 aliphatic carbocycles. The van der Waals surface area contributed by atoms with Gasteiger partial charge in [-0.1, -0.05) is 42.8 Å². The van der Waals surface area contributed by atoms with Crippen molar-refractivity contribution in [1.29, 1.82) is 0 Å². The number of ether oxygens (including phenoxy) is 3. The average molecular weight is 452 g/mol. The van der Waals surface area contributed by atoms with Gasteiger partial charge < -0.3 is 19.5 Å². The van der Waals surface area contributed by atoms with Crippen LogP contribution in [0.15, 0.2) is 54.6 Å². The van der Waals surface area contributed by atoms with E-state index in [0.717, 1.165) is 42.6 Å². The number of carbonyl (C=O) groups excluding carboxylic acids is 2. The van der Waals surface area contributed by atoms with Crippen molar-refractivity contribution in [2.24, 2.45) is 0 Å². The van der Waals surface area contributed by atoms with E-state index in [0.29, 0.717) is 37.4 Å². The summed E-state index contributed by atoms with van der Waals surface area (Å²) in [4.78, 5) is 24.9. The first-order chi connectivity index (χ1) is 16.1. The van der Waals surface area contributed by atoms with Gasteiger partial charge in [-0.05, 0) is 61.4 Å². The Bertz CT molecular complexity index is 951. The Morgan fingerprint density at radius 2 is 1.91 bits per heavy atom. The molecule has 0 saturated carbocycles. The van der Waals surface area contributed by atoms with Gasteiger partial charge in [0.05, 0.1) is 19.3 Å². The van der Waals surface area contributed by atoms with E-state index in [2.05, 4.69) is 17.5 Å². The van der Waals surface area contributed by atoms with E-state index in [9.17, 15) is 9.59 Å². The van der Waals surface area contributed by atoms with E-state index < -0.39 is 5.97 Å². The molecular formula is C27H33NO5. The molecule has 3 rings (SSSR count). The SMILES string of the molecule is COc1ccc(COCC[C@H]2CCCC/C=C\Cc3cccc(OC(C)=O)c3C(=O)N2)cc1. The number of esters is 1. The highest BCUT2D eigenvalue weighted by atomic mass is 16.5. The molecule has 0 unspecified atom stereocenters. The summed E-state index contributed by atoms with van der Waals surface area (Å²) >= 11 is 0. The molecule has 0 aromatic heterocycles. The normalized spacial score (nSPS) is 17.6. The molecule has 1 aliphatic heterocycles. The summed E-state index contributed by atoms with van der Waals surface area (Å²) in [5.41, 5.74) is 2.35. The van der Waals surface area contributed by atoms with E-state index in [4.69, 9.17) is 14.2 Å². The number of amides is 1. The van der Waals surface area contributed by atoms with Crippen molar-refractivity contribution in [2.45, 2.75) is 58.1 Å². The maximum Gasteiger partial charge on any atom is 0.308 e. The second-order valence-electron chi connectivity index (χ2n) is 8.20. The first-order valence-electron chi connectivity index (χ1n) is 11.5. The van der Waals surface area contributed by atoms with Gasteiger partial charge in [-0.3, -0.25) is 9.59 Å². The lowest BCUT2D eigenvalue weighted by Crippen LogP contribution is -2.36. The van der Waals surface area contributed by atoms with E-state index in [-0.39, 0.29) is 11.9 Å². The lowest BCUT2D eigenvalue weighted by Gasteiger charge is -2.21. The molecule has 2 aromatic rings. The standard InChI is InChI=1S/C27H33NO5/c1-20(29)33-25-12-8-10-22-9-6-4-3-5-7-11-23(28-27(30)26(22)25)17-18-32-19-21-13-15-24(31-2)16-14-21/h4,6,8,10,12-16,23H,3,5,7,9,11,17-19H2,1-2H3,(H,28,30)/b6-4-/t23-/m1/s1. The molecule has 1 N–H and O–H groups in total. The van der Waals surface area contributed by atoms with Crippen LogP contribution >= 0.6 is 0 Å². The van der Waals surface area contributed by atoms with E-state index in [1.807, 2.05) is 36.4 Å². The van der Waals surface area contributed by atoms with Crippen LogP contribution in [0.2, 0.25) is 0 Å². The first-order valence-corrected chi connectivity index (χ1v) is 11.5. The van der Waals surface area contributed by atoms with Crippen LogP contribution in [0.1, 0.15) is 60.5 Å². The zero-order valence-electron chi connectivity index (χ0n) is 19.5. The zero-order chi connectivity index (χ0) is 23.5. The minimum absolute atomic E-state index is 0.0185. The minimum atomic E-state index is -0.443. The van der Waals surface area contributed by atoms with Crippen LogP contribution < -0.4 is 14.8 Å². The van der Waals surface area contributed by atoms with Crippen LogP contribution in [0.3, 0.4) is 0 Å². The number of nitrogens with one attached hydrogen (secondary N) is 1. The summed E-state index contributed by atoms with van der Waals surface area (Å²) in [6.45, 7) is 2.39. The largest absolute Gasteiger partial charge is 0.497 e. The number of fused-ring (bicyclic) bond motifs is 1. The number of rotatable bonds is 7. The molecular weight excluding hydrogens is 418 g/mol. The molecule has 0 bridgehead atoms. The molecule has 6 nitrogen and oxygen atoms in total. The molecule has 2 aromatic carbocycles. The number of hydrogen-bond donors (Lipinski definition) is 1. The fourth-order valence-corrected chi connectivity index (χ4v) is 3.91. The van der Waals surface area contributed by atoms with Gasteiger partial charge in [0.1, 0.15) is 11.5 Å². The monoisotopic (exact) mass is 451 g/mol. The van der Waals surface area contributed by atoms with Crippen molar-refractivity contribution in [3.05, 3.63) is 71.3 Å². The third-order valence-electron chi connectivity index (χ3n) is 5.64. The number of benzene rings is 2. The van der Waals surface area contributed by atoms with Crippen LogP contribution in [-0.2, 0) is 22.6 Å². The molecule has 176 valence electrons. The van der Waals surface area contributed by atoms with Crippen LogP contribution in [0.5, 0.6) is 11.5 Å². The first kappa shape index (κ1) is 24.5. The molecule has 6 heteroatoms. The summed E-state index contributed by atoms with van der Waals surface area (Å²) < 4.78 is 16.4. The lowest BCUT2D eigenvalue weighted by molar-refractivity contribution is -0.131. The lowest BCUT2D eigenvalue weighted by atomic mass is 9.99. The summed E-state index contributed by atoms with van der Waals surface area (Å²) in [5, 5.41) is 3.17. The van der Waals surface area contributed by atoms with Crippen molar-refractivity contribution >= 4 is 11.9 Å². The Hall–Kier alpha value is -3.12. The van der Waals surface area contributed by atoms with Gasteiger partial charge in [0, 0.05) is 19.6 Å². The molecule has 1 amide bonds. The van der Waals surface area contributed by atoms with Crippen molar-refractivity contribution in [1.82, 2.24) is 5.32 Å².